The Hall–Kier alpha value is -3.17. The van der Waals surface area contributed by atoms with Crippen molar-refractivity contribution in [3.63, 3.8) is 0 Å². The van der Waals surface area contributed by atoms with E-state index >= 15 is 0 Å². The molecule has 2 aromatic carbocycles. The molecule has 1 heterocycles. The van der Waals surface area contributed by atoms with Gasteiger partial charge in [-0.05, 0) is 49.6 Å². The lowest BCUT2D eigenvalue weighted by molar-refractivity contribution is 0.102. The van der Waals surface area contributed by atoms with E-state index in [2.05, 4.69) is 15.1 Å². The van der Waals surface area contributed by atoms with E-state index in [1.807, 2.05) is 30.3 Å². The summed E-state index contributed by atoms with van der Waals surface area (Å²) in [4.78, 5) is 12.9. The van der Waals surface area contributed by atoms with Crippen LogP contribution in [0.2, 0.25) is 0 Å². The molecule has 0 radical (unpaired) electrons. The highest BCUT2D eigenvalue weighted by Gasteiger charge is 2.18. The average Bonchev–Trinajstić information content (AvgIpc) is 3.13. The van der Waals surface area contributed by atoms with Crippen molar-refractivity contribution < 1.29 is 18.3 Å². The number of sulfonamides is 1. The van der Waals surface area contributed by atoms with Crippen LogP contribution in [0.4, 0.5) is 11.4 Å². The predicted octanol–water partition coefficient (Wildman–Crippen LogP) is 2.73. The maximum absolute atomic E-state index is 12.9. The number of anilines is 2. The highest BCUT2D eigenvalue weighted by Crippen LogP contribution is 2.22. The zero-order valence-electron chi connectivity index (χ0n) is 16.8. The van der Waals surface area contributed by atoms with Gasteiger partial charge in [0.15, 0.2) is 5.69 Å². The van der Waals surface area contributed by atoms with Crippen molar-refractivity contribution in [2.75, 3.05) is 22.9 Å². The van der Waals surface area contributed by atoms with Gasteiger partial charge in [-0.15, -0.1) is 0 Å². The molecule has 0 bridgehead atoms. The second-order valence-corrected chi connectivity index (χ2v) is 8.72. The van der Waals surface area contributed by atoms with Gasteiger partial charge in [-0.2, -0.15) is 5.10 Å². The monoisotopic (exact) mass is 428 g/mol. The first-order chi connectivity index (χ1) is 14.3. The Bertz CT molecular complexity index is 1140. The van der Waals surface area contributed by atoms with E-state index in [9.17, 15) is 18.3 Å². The molecular weight excluding hydrogens is 404 g/mol. The fourth-order valence-electron chi connectivity index (χ4n) is 2.97. The summed E-state index contributed by atoms with van der Waals surface area (Å²) in [6.45, 7) is 1.78. The van der Waals surface area contributed by atoms with Crippen LogP contribution in [0.15, 0.2) is 54.7 Å². The highest BCUT2D eigenvalue weighted by atomic mass is 32.2. The number of nitrogens with one attached hydrogen (secondary N) is 2. The number of aliphatic hydroxyl groups is 1. The molecule has 9 heteroatoms. The van der Waals surface area contributed by atoms with E-state index in [-0.39, 0.29) is 12.3 Å². The molecule has 1 aromatic heterocycles. The molecule has 1 amide bonds. The zero-order valence-corrected chi connectivity index (χ0v) is 17.6. The van der Waals surface area contributed by atoms with Gasteiger partial charge in [0.05, 0.1) is 17.6 Å². The Balaban J connectivity index is 1.89. The van der Waals surface area contributed by atoms with Crippen molar-refractivity contribution in [1.82, 2.24) is 9.78 Å². The Morgan fingerprint density at radius 2 is 1.90 bits per heavy atom. The summed E-state index contributed by atoms with van der Waals surface area (Å²) in [7, 11) is -3.44. The Morgan fingerprint density at radius 3 is 2.57 bits per heavy atom. The van der Waals surface area contributed by atoms with Crippen molar-refractivity contribution in [3.05, 3.63) is 71.5 Å². The topological polar surface area (TPSA) is 113 Å². The number of benzene rings is 2. The van der Waals surface area contributed by atoms with Gasteiger partial charge in [-0.25, -0.2) is 13.1 Å². The summed E-state index contributed by atoms with van der Waals surface area (Å²) in [6.07, 6.45) is 3.86. The van der Waals surface area contributed by atoms with Gasteiger partial charge in [0.2, 0.25) is 10.0 Å². The van der Waals surface area contributed by atoms with Crippen LogP contribution in [0.25, 0.3) is 5.69 Å². The number of para-hydroxylation sites is 1. The van der Waals surface area contributed by atoms with Crippen molar-refractivity contribution in [3.8, 4) is 5.69 Å². The third-order valence-electron chi connectivity index (χ3n) is 4.42. The van der Waals surface area contributed by atoms with Crippen molar-refractivity contribution >= 4 is 27.3 Å². The van der Waals surface area contributed by atoms with Gasteiger partial charge in [0.1, 0.15) is 0 Å². The van der Waals surface area contributed by atoms with Crippen LogP contribution >= 0.6 is 0 Å². The lowest BCUT2D eigenvalue weighted by Crippen LogP contribution is -2.16. The number of hydrogen-bond acceptors (Lipinski definition) is 5. The molecular formula is C21H24N4O4S. The highest BCUT2D eigenvalue weighted by molar-refractivity contribution is 7.92. The second kappa shape index (κ2) is 9.10. The molecule has 3 N–H and O–H groups in total. The van der Waals surface area contributed by atoms with Crippen LogP contribution in [0.3, 0.4) is 0 Å². The minimum Gasteiger partial charge on any atom is -0.396 e. The van der Waals surface area contributed by atoms with Gasteiger partial charge >= 0.3 is 0 Å². The summed E-state index contributed by atoms with van der Waals surface area (Å²) in [6, 6.07) is 14.4. The lowest BCUT2D eigenvalue weighted by atomic mass is 10.1. The maximum Gasteiger partial charge on any atom is 0.276 e. The molecule has 0 atom stereocenters. The molecule has 3 rings (SSSR count). The standard InChI is InChI=1S/C21H24N4O4S/c1-15-10-11-17(13-19(15)24-30(2,28)29)22-21(27)20-16(7-6-12-26)14-25(23-20)18-8-4-3-5-9-18/h3-5,8-11,13-14,24,26H,6-7,12H2,1-2H3,(H,22,27). The predicted molar refractivity (Wildman–Crippen MR) is 117 cm³/mol. The molecule has 0 saturated carbocycles. The number of aryl methyl sites for hydroxylation is 2. The molecule has 0 saturated heterocycles. The fourth-order valence-corrected chi connectivity index (χ4v) is 3.59. The molecule has 30 heavy (non-hydrogen) atoms. The summed E-state index contributed by atoms with van der Waals surface area (Å²) >= 11 is 0. The first-order valence-corrected chi connectivity index (χ1v) is 11.3. The van der Waals surface area contributed by atoms with Crippen LogP contribution in [0, 0.1) is 6.92 Å². The van der Waals surface area contributed by atoms with E-state index in [0.29, 0.717) is 29.8 Å². The molecule has 0 aliphatic rings. The molecule has 8 nitrogen and oxygen atoms in total. The number of aliphatic hydroxyl groups excluding tert-OH is 1. The fraction of sp³-hybridized carbons (Fsp3) is 0.238. The first kappa shape index (κ1) is 21.5. The smallest absolute Gasteiger partial charge is 0.276 e. The molecule has 0 aliphatic heterocycles. The SMILES string of the molecule is Cc1ccc(NC(=O)c2nn(-c3ccccc3)cc2CCCO)cc1NS(C)(=O)=O. The number of hydrogen-bond donors (Lipinski definition) is 3. The minimum atomic E-state index is -3.44. The molecule has 0 aliphatic carbocycles. The largest absolute Gasteiger partial charge is 0.396 e. The van der Waals surface area contributed by atoms with Crippen LogP contribution in [0.1, 0.15) is 28.0 Å². The lowest BCUT2D eigenvalue weighted by Gasteiger charge is -2.11. The maximum atomic E-state index is 12.9. The molecule has 3 aromatic rings. The van der Waals surface area contributed by atoms with E-state index in [0.717, 1.165) is 17.5 Å². The van der Waals surface area contributed by atoms with Crippen LogP contribution in [-0.2, 0) is 16.4 Å². The van der Waals surface area contributed by atoms with Gasteiger partial charge in [0, 0.05) is 24.1 Å². The van der Waals surface area contributed by atoms with Crippen molar-refractivity contribution in [2.45, 2.75) is 19.8 Å². The molecule has 0 fully saturated rings. The minimum absolute atomic E-state index is 0.00998. The molecule has 0 unspecified atom stereocenters. The van der Waals surface area contributed by atoms with Crippen molar-refractivity contribution in [1.29, 1.82) is 0 Å². The van der Waals surface area contributed by atoms with Gasteiger partial charge < -0.3 is 10.4 Å². The number of rotatable bonds is 8. The Morgan fingerprint density at radius 1 is 1.17 bits per heavy atom. The zero-order chi connectivity index (χ0) is 21.7. The average molecular weight is 429 g/mol. The summed E-state index contributed by atoms with van der Waals surface area (Å²) in [5.41, 5.74) is 3.36. The number of aromatic nitrogens is 2. The van der Waals surface area contributed by atoms with Crippen molar-refractivity contribution in [2.24, 2.45) is 0 Å². The van der Waals surface area contributed by atoms with E-state index in [4.69, 9.17) is 0 Å². The van der Waals surface area contributed by atoms with Crippen LogP contribution in [-0.4, -0.2) is 42.1 Å². The molecule has 158 valence electrons. The normalized spacial score (nSPS) is 11.3. The first-order valence-electron chi connectivity index (χ1n) is 9.41. The number of carbonyl (C=O) groups excluding carboxylic acids is 1. The number of nitrogens with zero attached hydrogens (tertiary/aromatic N) is 2. The number of carbonyl (C=O) groups is 1. The van der Waals surface area contributed by atoms with Gasteiger partial charge in [0.25, 0.3) is 5.91 Å². The third-order valence-corrected chi connectivity index (χ3v) is 5.01. The van der Waals surface area contributed by atoms with Crippen LogP contribution < -0.4 is 10.0 Å². The van der Waals surface area contributed by atoms with E-state index in [1.54, 1.807) is 36.0 Å². The summed E-state index contributed by atoms with van der Waals surface area (Å²) in [5, 5.41) is 16.4. The third kappa shape index (κ3) is 5.46. The Kier molecular flexibility index (Phi) is 6.53. The second-order valence-electron chi connectivity index (χ2n) is 6.97. The summed E-state index contributed by atoms with van der Waals surface area (Å²) < 4.78 is 27.2. The Labute approximate surface area is 175 Å². The van der Waals surface area contributed by atoms with E-state index in [1.165, 1.54) is 0 Å². The number of amides is 1. The molecule has 0 spiro atoms. The van der Waals surface area contributed by atoms with Crippen LogP contribution in [0.5, 0.6) is 0 Å². The van der Waals surface area contributed by atoms with E-state index < -0.39 is 15.9 Å². The van der Waals surface area contributed by atoms with Gasteiger partial charge in [-0.1, -0.05) is 24.3 Å². The quantitative estimate of drug-likeness (QED) is 0.511. The summed E-state index contributed by atoms with van der Waals surface area (Å²) in [5.74, 6) is -0.410. The van der Waals surface area contributed by atoms with Gasteiger partial charge in [-0.3, -0.25) is 9.52 Å².